The molecule has 2 aliphatic rings. The largest absolute Gasteiger partial charge is 0.474 e. The Bertz CT molecular complexity index is 1070. The van der Waals surface area contributed by atoms with Crippen LogP contribution in [0.5, 0.6) is 5.88 Å². The third-order valence-corrected chi connectivity index (χ3v) is 7.77. The molecule has 2 aromatic rings. The molecular formula is C29H37N3O3. The molecule has 1 N–H and O–H groups in total. The summed E-state index contributed by atoms with van der Waals surface area (Å²) in [7, 11) is 0. The van der Waals surface area contributed by atoms with E-state index in [1.807, 2.05) is 18.2 Å². The Kier molecular flexibility index (Phi) is 8.45. The molecule has 6 atom stereocenters. The maximum absolute atomic E-state index is 13.7. The average molecular weight is 476 g/mol. The van der Waals surface area contributed by atoms with Crippen molar-refractivity contribution in [2.75, 3.05) is 6.54 Å². The molecule has 35 heavy (non-hydrogen) atoms. The van der Waals surface area contributed by atoms with Crippen LogP contribution in [0.25, 0.3) is 0 Å². The van der Waals surface area contributed by atoms with Crippen LogP contribution in [0.3, 0.4) is 0 Å². The van der Waals surface area contributed by atoms with Crippen LogP contribution in [-0.2, 0) is 6.61 Å². The number of Topliss-reactive ketones (excluding diaryl/α,β-unsaturated/α-hetero) is 1. The number of hydrogen-bond acceptors (Lipinski definition) is 6. The SMILES string of the molecule is CC1CCC(Oc2cc(CO)ccn2)CC(C)C1CC(=O)c1ccccc1C1CN=CC=NC1C. The molecule has 0 radical (unpaired) electrons. The minimum absolute atomic E-state index is 0.0268. The summed E-state index contributed by atoms with van der Waals surface area (Å²) in [5, 5.41) is 9.40. The third kappa shape index (κ3) is 6.23. The van der Waals surface area contributed by atoms with Gasteiger partial charge in [0.25, 0.3) is 0 Å². The molecule has 1 aromatic carbocycles. The molecule has 0 spiro atoms. The van der Waals surface area contributed by atoms with Gasteiger partial charge in [-0.3, -0.25) is 14.8 Å². The third-order valence-electron chi connectivity index (χ3n) is 7.77. The van der Waals surface area contributed by atoms with E-state index in [2.05, 4.69) is 41.8 Å². The number of rotatable bonds is 7. The lowest BCUT2D eigenvalue weighted by Crippen LogP contribution is -2.25. The number of carbonyl (C=O) groups excluding carboxylic acids is 1. The molecule has 0 saturated heterocycles. The van der Waals surface area contributed by atoms with Crippen molar-refractivity contribution in [3.63, 3.8) is 0 Å². The quantitative estimate of drug-likeness (QED) is 0.435. The Labute approximate surface area is 208 Å². The van der Waals surface area contributed by atoms with E-state index in [1.54, 1.807) is 30.8 Å². The maximum Gasteiger partial charge on any atom is 0.213 e. The Morgan fingerprint density at radius 3 is 2.74 bits per heavy atom. The van der Waals surface area contributed by atoms with E-state index in [-0.39, 0.29) is 30.5 Å². The number of carbonyl (C=O) groups is 1. The van der Waals surface area contributed by atoms with Gasteiger partial charge in [-0.25, -0.2) is 4.98 Å². The number of aromatic nitrogens is 1. The summed E-state index contributed by atoms with van der Waals surface area (Å²) in [5.74, 6) is 1.95. The monoisotopic (exact) mass is 475 g/mol. The molecular weight excluding hydrogens is 438 g/mol. The summed E-state index contributed by atoms with van der Waals surface area (Å²) in [6.45, 7) is 7.23. The fourth-order valence-electron chi connectivity index (χ4n) is 5.63. The van der Waals surface area contributed by atoms with Crippen LogP contribution in [0.1, 0.15) is 73.9 Å². The topological polar surface area (TPSA) is 84.1 Å². The first kappa shape index (κ1) is 25.2. The average Bonchev–Trinajstić information content (AvgIpc) is 3.16. The number of benzene rings is 1. The van der Waals surface area contributed by atoms with Gasteiger partial charge in [-0.05, 0) is 61.1 Å². The second-order valence-electron chi connectivity index (χ2n) is 10.2. The van der Waals surface area contributed by atoms with E-state index in [9.17, 15) is 9.90 Å². The van der Waals surface area contributed by atoms with E-state index < -0.39 is 0 Å². The number of aliphatic imine (C=N–C) groups is 2. The molecule has 4 rings (SSSR count). The van der Waals surface area contributed by atoms with Crippen LogP contribution in [0.15, 0.2) is 52.6 Å². The number of ether oxygens (including phenoxy) is 1. The predicted octanol–water partition coefficient (Wildman–Crippen LogP) is 5.29. The van der Waals surface area contributed by atoms with E-state index >= 15 is 0 Å². The van der Waals surface area contributed by atoms with Crippen molar-refractivity contribution in [1.82, 2.24) is 4.98 Å². The highest BCUT2D eigenvalue weighted by Gasteiger charge is 2.34. The first-order chi connectivity index (χ1) is 17.0. The van der Waals surface area contributed by atoms with Crippen LogP contribution >= 0.6 is 0 Å². The van der Waals surface area contributed by atoms with E-state index in [1.165, 1.54) is 0 Å². The molecule has 1 aromatic heterocycles. The van der Waals surface area contributed by atoms with Crippen LogP contribution < -0.4 is 4.74 Å². The van der Waals surface area contributed by atoms with Crippen LogP contribution in [-0.4, -0.2) is 47.0 Å². The summed E-state index contributed by atoms with van der Waals surface area (Å²) in [4.78, 5) is 27.0. The summed E-state index contributed by atoms with van der Waals surface area (Å²) < 4.78 is 6.22. The van der Waals surface area contributed by atoms with Gasteiger partial charge in [0.05, 0.1) is 12.6 Å². The number of nitrogens with zero attached hydrogens (tertiary/aromatic N) is 3. The maximum atomic E-state index is 13.7. The molecule has 0 bridgehead atoms. The molecule has 6 heteroatoms. The van der Waals surface area contributed by atoms with Crippen LogP contribution in [0.4, 0.5) is 0 Å². The Balaban J connectivity index is 1.47. The van der Waals surface area contributed by atoms with Gasteiger partial charge >= 0.3 is 0 Å². The predicted molar refractivity (Wildman–Crippen MR) is 140 cm³/mol. The second-order valence-corrected chi connectivity index (χ2v) is 10.2. The van der Waals surface area contributed by atoms with Crippen molar-refractivity contribution in [3.8, 4) is 5.88 Å². The summed E-state index contributed by atoms with van der Waals surface area (Å²) in [6.07, 6.45) is 8.63. The van der Waals surface area contributed by atoms with Crippen LogP contribution in [0, 0.1) is 17.8 Å². The summed E-state index contributed by atoms with van der Waals surface area (Å²) in [5.41, 5.74) is 2.68. The summed E-state index contributed by atoms with van der Waals surface area (Å²) >= 11 is 0. The lowest BCUT2D eigenvalue weighted by molar-refractivity contribution is 0.0909. The van der Waals surface area contributed by atoms with E-state index in [0.29, 0.717) is 36.6 Å². The van der Waals surface area contributed by atoms with Gasteiger partial charge in [-0.1, -0.05) is 38.1 Å². The first-order valence-corrected chi connectivity index (χ1v) is 12.8. The van der Waals surface area contributed by atoms with Crippen LogP contribution in [0.2, 0.25) is 0 Å². The number of aliphatic hydroxyl groups excluding tert-OH is 1. The van der Waals surface area contributed by atoms with Gasteiger partial charge in [0, 0.05) is 49.1 Å². The Morgan fingerprint density at radius 2 is 1.91 bits per heavy atom. The van der Waals surface area contributed by atoms with Gasteiger partial charge in [0.15, 0.2) is 5.78 Å². The number of ketones is 1. The molecule has 1 aliphatic carbocycles. The highest BCUT2D eigenvalue weighted by molar-refractivity contribution is 6.16. The van der Waals surface area contributed by atoms with Gasteiger partial charge in [0.2, 0.25) is 5.88 Å². The molecule has 6 unspecified atom stereocenters. The molecule has 1 aliphatic heterocycles. The van der Waals surface area contributed by atoms with E-state index in [0.717, 1.165) is 36.0 Å². The van der Waals surface area contributed by atoms with Crippen molar-refractivity contribution in [1.29, 1.82) is 0 Å². The Morgan fingerprint density at radius 1 is 1.09 bits per heavy atom. The smallest absolute Gasteiger partial charge is 0.213 e. The summed E-state index contributed by atoms with van der Waals surface area (Å²) in [6, 6.07) is 11.7. The van der Waals surface area contributed by atoms with Crippen molar-refractivity contribution in [2.45, 2.75) is 71.1 Å². The zero-order valence-corrected chi connectivity index (χ0v) is 21.0. The van der Waals surface area contributed by atoms with E-state index in [4.69, 9.17) is 4.74 Å². The fourth-order valence-corrected chi connectivity index (χ4v) is 5.63. The highest BCUT2D eigenvalue weighted by atomic mass is 16.5. The molecule has 186 valence electrons. The van der Waals surface area contributed by atoms with Gasteiger partial charge in [0.1, 0.15) is 6.10 Å². The fraction of sp³-hybridized carbons (Fsp3) is 0.517. The standard InChI is InChI=1S/C29H37N3O3/c1-19-8-9-23(35-29-15-22(18-33)10-11-32-29)14-20(2)26(19)16-28(34)25-7-5-4-6-24(25)27-17-30-12-13-31-21(27)3/h4-7,10-13,15,19-21,23,26-27,33H,8-9,14,16-18H2,1-3H3. The zero-order valence-electron chi connectivity index (χ0n) is 21.0. The molecule has 1 saturated carbocycles. The highest BCUT2D eigenvalue weighted by Crippen LogP contribution is 2.38. The molecule has 0 amide bonds. The van der Waals surface area contributed by atoms with Gasteiger partial charge < -0.3 is 9.84 Å². The van der Waals surface area contributed by atoms with Crippen molar-refractivity contribution in [3.05, 3.63) is 59.3 Å². The number of pyridine rings is 1. The number of hydrogen-bond donors (Lipinski definition) is 1. The Hall–Kier alpha value is -2.86. The molecule has 2 heterocycles. The minimum Gasteiger partial charge on any atom is -0.474 e. The normalized spacial score (nSPS) is 28.8. The lowest BCUT2D eigenvalue weighted by atomic mass is 9.77. The number of aliphatic hydroxyl groups is 1. The first-order valence-electron chi connectivity index (χ1n) is 12.8. The van der Waals surface area contributed by atoms with Gasteiger partial charge in [-0.2, -0.15) is 0 Å². The molecule has 1 fully saturated rings. The minimum atomic E-state index is -0.0268. The van der Waals surface area contributed by atoms with Crippen molar-refractivity contribution < 1.29 is 14.6 Å². The zero-order chi connectivity index (χ0) is 24.8. The second kappa shape index (κ2) is 11.7. The van der Waals surface area contributed by atoms with Crippen molar-refractivity contribution in [2.24, 2.45) is 27.7 Å². The lowest BCUT2D eigenvalue weighted by Gasteiger charge is -2.28. The van der Waals surface area contributed by atoms with Crippen molar-refractivity contribution >= 4 is 18.2 Å². The molecule has 6 nitrogen and oxygen atoms in total. The van der Waals surface area contributed by atoms with Gasteiger partial charge in [-0.15, -0.1) is 0 Å².